The molecular formula is C23H29N5O3S. The standard InChI is InChI=1S/C23H29N5O3S/c29-32(30,31)16-8-15-28-20(18-9-2-1-3-10-18)17-19-21(26-11-4-5-12-26)24-23(25-22(19)28)27-13-6-7-14-27/h1-3,9-10,17H,4-8,11-16H2,(H,29,30,31). The molecule has 1 aromatic carbocycles. The van der Waals surface area contributed by atoms with E-state index in [1.807, 2.05) is 18.2 Å². The lowest BCUT2D eigenvalue weighted by Crippen LogP contribution is -2.24. The van der Waals surface area contributed by atoms with E-state index in [9.17, 15) is 13.0 Å². The Morgan fingerprint density at radius 2 is 1.56 bits per heavy atom. The molecule has 2 aliphatic heterocycles. The number of benzene rings is 1. The van der Waals surface area contributed by atoms with Crippen molar-refractivity contribution in [3.05, 3.63) is 36.4 Å². The maximum absolute atomic E-state index is 11.3. The highest BCUT2D eigenvalue weighted by atomic mass is 32.2. The molecule has 0 spiro atoms. The van der Waals surface area contributed by atoms with Gasteiger partial charge in [-0.15, -0.1) is 0 Å². The summed E-state index contributed by atoms with van der Waals surface area (Å²) in [7, 11) is -4.01. The van der Waals surface area contributed by atoms with Crippen molar-refractivity contribution in [2.24, 2.45) is 0 Å². The summed E-state index contributed by atoms with van der Waals surface area (Å²) in [5.74, 6) is 1.45. The molecule has 4 heterocycles. The van der Waals surface area contributed by atoms with Crippen LogP contribution in [0.5, 0.6) is 0 Å². The summed E-state index contributed by atoms with van der Waals surface area (Å²) in [4.78, 5) is 14.6. The van der Waals surface area contributed by atoms with E-state index in [0.29, 0.717) is 13.0 Å². The second-order valence-corrected chi connectivity index (χ2v) is 10.2. The monoisotopic (exact) mass is 455 g/mol. The highest BCUT2D eigenvalue weighted by molar-refractivity contribution is 7.85. The number of hydrogen-bond donors (Lipinski definition) is 1. The summed E-state index contributed by atoms with van der Waals surface area (Å²) in [6.07, 6.45) is 4.91. The summed E-state index contributed by atoms with van der Waals surface area (Å²) >= 11 is 0. The fourth-order valence-electron chi connectivity index (χ4n) is 4.81. The lowest BCUT2D eigenvalue weighted by atomic mass is 10.1. The van der Waals surface area contributed by atoms with Gasteiger partial charge < -0.3 is 14.4 Å². The Balaban J connectivity index is 1.67. The van der Waals surface area contributed by atoms with Gasteiger partial charge in [0.1, 0.15) is 11.5 Å². The molecule has 9 heteroatoms. The van der Waals surface area contributed by atoms with Crippen LogP contribution in [0.15, 0.2) is 36.4 Å². The van der Waals surface area contributed by atoms with E-state index in [4.69, 9.17) is 9.97 Å². The third kappa shape index (κ3) is 4.31. The SMILES string of the molecule is O=S(=O)(O)CCCn1c(-c2ccccc2)cc2c(N3CCCC3)nc(N3CCCC3)nc21. The molecule has 1 N–H and O–H groups in total. The van der Waals surface area contributed by atoms with Gasteiger partial charge in [-0.25, -0.2) is 0 Å². The van der Waals surface area contributed by atoms with Gasteiger partial charge in [0.25, 0.3) is 10.1 Å². The molecule has 0 radical (unpaired) electrons. The van der Waals surface area contributed by atoms with Crippen molar-refractivity contribution < 1.29 is 13.0 Å². The Morgan fingerprint density at radius 1 is 0.906 bits per heavy atom. The minimum Gasteiger partial charge on any atom is -0.356 e. The summed E-state index contributed by atoms with van der Waals surface area (Å²) in [6, 6.07) is 12.2. The van der Waals surface area contributed by atoms with Crippen LogP contribution < -0.4 is 9.80 Å². The van der Waals surface area contributed by atoms with Crippen LogP contribution in [-0.4, -0.2) is 59.4 Å². The van der Waals surface area contributed by atoms with Crippen LogP contribution in [-0.2, 0) is 16.7 Å². The van der Waals surface area contributed by atoms with Gasteiger partial charge in [0.15, 0.2) is 0 Å². The molecule has 0 unspecified atom stereocenters. The molecule has 0 aliphatic carbocycles. The number of fused-ring (bicyclic) bond motifs is 1. The van der Waals surface area contributed by atoms with Crippen molar-refractivity contribution in [3.8, 4) is 11.3 Å². The largest absolute Gasteiger partial charge is 0.356 e. The minimum absolute atomic E-state index is 0.274. The second-order valence-electron chi connectivity index (χ2n) is 8.66. The molecule has 2 aromatic heterocycles. The molecular weight excluding hydrogens is 426 g/mol. The molecule has 0 amide bonds. The maximum atomic E-state index is 11.3. The predicted molar refractivity (Wildman–Crippen MR) is 127 cm³/mol. The van der Waals surface area contributed by atoms with Crippen LogP contribution in [0, 0.1) is 0 Å². The van der Waals surface area contributed by atoms with Gasteiger partial charge in [0.05, 0.1) is 16.8 Å². The van der Waals surface area contributed by atoms with Gasteiger partial charge in [0.2, 0.25) is 5.95 Å². The minimum atomic E-state index is -4.01. The number of anilines is 2. The number of aromatic nitrogens is 3. The Kier molecular flexibility index (Phi) is 5.77. The van der Waals surface area contributed by atoms with Crippen molar-refractivity contribution in [3.63, 3.8) is 0 Å². The first-order chi connectivity index (χ1) is 15.5. The average molecular weight is 456 g/mol. The second kappa shape index (κ2) is 8.71. The summed E-state index contributed by atoms with van der Waals surface area (Å²) in [6.45, 7) is 4.34. The van der Waals surface area contributed by atoms with E-state index in [1.54, 1.807) is 0 Å². The molecule has 2 saturated heterocycles. The number of rotatable bonds is 7. The normalized spacial score (nSPS) is 17.0. The zero-order chi connectivity index (χ0) is 22.1. The summed E-state index contributed by atoms with van der Waals surface area (Å²) in [5, 5.41) is 1.00. The first kappa shape index (κ1) is 21.2. The number of hydrogen-bond acceptors (Lipinski definition) is 6. The maximum Gasteiger partial charge on any atom is 0.264 e. The van der Waals surface area contributed by atoms with Gasteiger partial charge in [-0.1, -0.05) is 30.3 Å². The van der Waals surface area contributed by atoms with E-state index >= 15 is 0 Å². The van der Waals surface area contributed by atoms with E-state index in [1.165, 1.54) is 0 Å². The van der Waals surface area contributed by atoms with Gasteiger partial charge in [-0.3, -0.25) is 4.55 Å². The summed E-state index contributed by atoms with van der Waals surface area (Å²) < 4.78 is 34.0. The zero-order valence-electron chi connectivity index (χ0n) is 18.2. The lowest BCUT2D eigenvalue weighted by Gasteiger charge is -2.22. The molecule has 0 saturated carbocycles. The Bertz CT molecular complexity index is 1200. The van der Waals surface area contributed by atoms with Crippen LogP contribution in [0.25, 0.3) is 22.3 Å². The molecule has 170 valence electrons. The van der Waals surface area contributed by atoms with E-state index in [0.717, 1.165) is 85.9 Å². The van der Waals surface area contributed by atoms with E-state index in [2.05, 4.69) is 32.6 Å². The van der Waals surface area contributed by atoms with Crippen LogP contribution in [0.2, 0.25) is 0 Å². The third-order valence-corrected chi connectivity index (χ3v) is 7.17. The van der Waals surface area contributed by atoms with Crippen molar-refractivity contribution in [1.82, 2.24) is 14.5 Å². The third-order valence-electron chi connectivity index (χ3n) is 6.37. The fraction of sp³-hybridized carbons (Fsp3) is 0.478. The highest BCUT2D eigenvalue weighted by Gasteiger charge is 2.25. The highest BCUT2D eigenvalue weighted by Crippen LogP contribution is 2.35. The van der Waals surface area contributed by atoms with E-state index in [-0.39, 0.29) is 5.75 Å². The van der Waals surface area contributed by atoms with Crippen LogP contribution in [0.4, 0.5) is 11.8 Å². The summed E-state index contributed by atoms with van der Waals surface area (Å²) in [5.41, 5.74) is 2.87. The molecule has 32 heavy (non-hydrogen) atoms. The predicted octanol–water partition coefficient (Wildman–Crippen LogP) is 3.58. The molecule has 5 rings (SSSR count). The van der Waals surface area contributed by atoms with Crippen molar-refractivity contribution in [2.75, 3.05) is 41.7 Å². The molecule has 2 aliphatic rings. The molecule has 3 aromatic rings. The van der Waals surface area contributed by atoms with E-state index < -0.39 is 10.1 Å². The Hall–Kier alpha value is -2.65. The first-order valence-electron chi connectivity index (χ1n) is 11.4. The lowest BCUT2D eigenvalue weighted by molar-refractivity contribution is 0.478. The van der Waals surface area contributed by atoms with Crippen molar-refractivity contribution >= 4 is 32.9 Å². The quantitative estimate of drug-likeness (QED) is 0.545. The van der Waals surface area contributed by atoms with Crippen molar-refractivity contribution in [2.45, 2.75) is 38.6 Å². The smallest absolute Gasteiger partial charge is 0.264 e. The molecule has 0 atom stereocenters. The Labute approximate surface area is 188 Å². The number of aryl methyl sites for hydroxylation is 1. The number of nitrogens with zero attached hydrogens (tertiary/aromatic N) is 5. The van der Waals surface area contributed by atoms with Gasteiger partial charge >= 0.3 is 0 Å². The Morgan fingerprint density at radius 3 is 2.22 bits per heavy atom. The van der Waals surface area contributed by atoms with Crippen LogP contribution >= 0.6 is 0 Å². The topological polar surface area (TPSA) is 91.6 Å². The molecule has 0 bridgehead atoms. The van der Waals surface area contributed by atoms with Crippen LogP contribution in [0.3, 0.4) is 0 Å². The van der Waals surface area contributed by atoms with Gasteiger partial charge in [0, 0.05) is 32.7 Å². The fourth-order valence-corrected chi connectivity index (χ4v) is 5.30. The average Bonchev–Trinajstić information content (AvgIpc) is 3.54. The zero-order valence-corrected chi connectivity index (χ0v) is 19.0. The molecule has 8 nitrogen and oxygen atoms in total. The van der Waals surface area contributed by atoms with Gasteiger partial charge in [-0.05, 0) is 43.7 Å². The first-order valence-corrected chi connectivity index (χ1v) is 13.0. The van der Waals surface area contributed by atoms with Crippen LogP contribution in [0.1, 0.15) is 32.1 Å². The van der Waals surface area contributed by atoms with Gasteiger partial charge in [-0.2, -0.15) is 18.4 Å². The van der Waals surface area contributed by atoms with Crippen molar-refractivity contribution in [1.29, 1.82) is 0 Å². The molecule has 2 fully saturated rings.